The van der Waals surface area contributed by atoms with Crippen LogP contribution >= 0.6 is 0 Å². The third-order valence-electron chi connectivity index (χ3n) is 11.4. The summed E-state index contributed by atoms with van der Waals surface area (Å²) in [6.07, 6.45) is 11.1. The Hall–Kier alpha value is -4.33. The van der Waals surface area contributed by atoms with Crippen molar-refractivity contribution in [2.45, 2.75) is 116 Å². The number of hydrogen-bond acceptors (Lipinski definition) is 7. The van der Waals surface area contributed by atoms with Gasteiger partial charge in [-0.05, 0) is 71.6 Å². The van der Waals surface area contributed by atoms with Crippen LogP contribution in [0.2, 0.25) is 0 Å². The molecule has 3 aromatic carbocycles. The van der Waals surface area contributed by atoms with Crippen molar-refractivity contribution in [1.82, 2.24) is 9.80 Å². The molecule has 2 heterocycles. The highest BCUT2D eigenvalue weighted by Crippen LogP contribution is 2.38. The van der Waals surface area contributed by atoms with Gasteiger partial charge in [0.05, 0.1) is 58.5 Å². The maximum Gasteiger partial charge on any atom is 0.350 e. The number of aromatic hydroxyl groups is 2. The normalized spacial score (nSPS) is 19.9. The topological polar surface area (TPSA) is 83.9 Å². The average Bonchev–Trinajstić information content (AvgIpc) is 3.13. The molecule has 290 valence electrons. The van der Waals surface area contributed by atoms with Crippen molar-refractivity contribution in [3.05, 3.63) is 76.3 Å². The van der Waals surface area contributed by atoms with Crippen molar-refractivity contribution in [2.24, 2.45) is 9.98 Å². The van der Waals surface area contributed by atoms with Crippen LogP contribution in [0.4, 0.5) is 0 Å². The molecule has 54 heavy (non-hydrogen) atoms. The number of fused-ring (bicyclic) bond motifs is 1. The fraction of sp³-hybridized carbons (Fsp3) is 0.543. The molecule has 0 aromatic heterocycles. The Balaban J connectivity index is 1.18. The molecule has 0 spiro atoms. The number of ether oxygens (including phenoxy) is 1. The first-order valence-electron chi connectivity index (χ1n) is 20.3. The second kappa shape index (κ2) is 16.6. The molecule has 2 aliphatic heterocycles. The first-order valence-corrected chi connectivity index (χ1v) is 20.3. The molecular formula is C46H64N5O3+. The monoisotopic (exact) mass is 735 g/mol. The quantitative estimate of drug-likeness (QED) is 0.124. The lowest BCUT2D eigenvalue weighted by Gasteiger charge is -2.36. The van der Waals surface area contributed by atoms with Gasteiger partial charge < -0.3 is 14.9 Å². The van der Waals surface area contributed by atoms with E-state index >= 15 is 0 Å². The summed E-state index contributed by atoms with van der Waals surface area (Å²) in [5, 5.41) is 22.6. The second-order valence-electron chi connectivity index (χ2n) is 17.8. The van der Waals surface area contributed by atoms with Crippen LogP contribution in [0, 0.1) is 6.92 Å². The lowest BCUT2D eigenvalue weighted by atomic mass is 9.79. The van der Waals surface area contributed by atoms with Crippen LogP contribution in [0.3, 0.4) is 0 Å². The van der Waals surface area contributed by atoms with Crippen molar-refractivity contribution in [3.8, 4) is 28.4 Å². The summed E-state index contributed by atoms with van der Waals surface area (Å²) in [6.45, 7) is 21.1. The van der Waals surface area contributed by atoms with E-state index in [-0.39, 0.29) is 28.7 Å². The van der Waals surface area contributed by atoms with Gasteiger partial charge in [-0.3, -0.25) is 24.4 Å². The van der Waals surface area contributed by atoms with E-state index in [4.69, 9.17) is 14.7 Å². The third-order valence-corrected chi connectivity index (χ3v) is 11.4. The molecule has 0 radical (unpaired) electrons. The van der Waals surface area contributed by atoms with E-state index in [2.05, 4.69) is 81.2 Å². The number of benzene rings is 3. The number of aliphatic imine (C=N–C) groups is 2. The minimum atomic E-state index is -0.200. The molecule has 0 amide bonds. The number of para-hydroxylation sites is 1. The molecule has 1 saturated carbocycles. The molecule has 0 bridgehead atoms. The predicted octanol–water partition coefficient (Wildman–Crippen LogP) is 8.70. The van der Waals surface area contributed by atoms with Crippen LogP contribution in [-0.4, -0.2) is 101 Å². The molecule has 1 saturated heterocycles. The van der Waals surface area contributed by atoms with Gasteiger partial charge in [0.15, 0.2) is 0 Å². The van der Waals surface area contributed by atoms with E-state index in [0.29, 0.717) is 17.9 Å². The lowest BCUT2D eigenvalue weighted by molar-refractivity contribution is -0.515. The van der Waals surface area contributed by atoms with Gasteiger partial charge in [-0.25, -0.2) is 0 Å². The minimum Gasteiger partial charge on any atom is -0.507 e. The van der Waals surface area contributed by atoms with Crippen molar-refractivity contribution < 1.29 is 19.5 Å². The van der Waals surface area contributed by atoms with Crippen molar-refractivity contribution >= 4 is 18.4 Å². The number of nitrogens with zero attached hydrogens (tertiary/aromatic N) is 5. The molecule has 3 aromatic rings. The van der Waals surface area contributed by atoms with E-state index in [1.807, 2.05) is 49.7 Å². The number of phenolic OH excluding ortho intramolecular Hbond substituents is 2. The predicted molar refractivity (Wildman–Crippen MR) is 224 cm³/mol. The summed E-state index contributed by atoms with van der Waals surface area (Å²) in [5.41, 5.74) is 6.12. The molecule has 2 N–H and O–H groups in total. The first-order chi connectivity index (χ1) is 25.7. The Morgan fingerprint density at radius 2 is 1.48 bits per heavy atom. The maximum absolute atomic E-state index is 11.4. The van der Waals surface area contributed by atoms with E-state index in [9.17, 15) is 10.2 Å². The molecule has 1 aliphatic carbocycles. The largest absolute Gasteiger partial charge is 0.507 e. The van der Waals surface area contributed by atoms with E-state index in [1.165, 1.54) is 24.4 Å². The Kier molecular flexibility index (Phi) is 12.1. The van der Waals surface area contributed by atoms with E-state index < -0.39 is 0 Å². The molecular weight excluding hydrogens is 671 g/mol. The van der Waals surface area contributed by atoms with Crippen LogP contribution in [-0.2, 0) is 10.8 Å². The smallest absolute Gasteiger partial charge is 0.350 e. The Labute approximate surface area is 324 Å². The van der Waals surface area contributed by atoms with Crippen LogP contribution < -0.4 is 4.74 Å². The van der Waals surface area contributed by atoms with Gasteiger partial charge in [0.2, 0.25) is 0 Å². The molecule has 3 aliphatic rings. The van der Waals surface area contributed by atoms with Crippen molar-refractivity contribution in [3.63, 3.8) is 0 Å². The molecule has 2 unspecified atom stereocenters. The van der Waals surface area contributed by atoms with Crippen molar-refractivity contribution in [1.29, 1.82) is 0 Å². The Morgan fingerprint density at radius 3 is 2.17 bits per heavy atom. The summed E-state index contributed by atoms with van der Waals surface area (Å²) < 4.78 is 8.87. The highest BCUT2D eigenvalue weighted by Gasteiger charge is 2.34. The molecule has 2 atom stereocenters. The molecule has 2 fully saturated rings. The maximum atomic E-state index is 11.4. The summed E-state index contributed by atoms with van der Waals surface area (Å²) in [4.78, 5) is 15.2. The number of rotatable bonds is 10. The Morgan fingerprint density at radius 1 is 0.815 bits per heavy atom. The van der Waals surface area contributed by atoms with Crippen LogP contribution in [0.25, 0.3) is 11.1 Å². The number of guanidine groups is 1. The first kappa shape index (κ1) is 39.4. The van der Waals surface area contributed by atoms with Crippen LogP contribution in [0.5, 0.6) is 17.2 Å². The van der Waals surface area contributed by atoms with Gasteiger partial charge in [0.1, 0.15) is 17.2 Å². The number of hydrogen-bond donors (Lipinski definition) is 2. The summed E-state index contributed by atoms with van der Waals surface area (Å²) in [5.74, 6) is 2.79. The standard InChI is InChI=1S/C46H63N5O3/c1-32-26-33(37-16-9-12-19-41(37)54-25-15-24-51-23-14-22-50-21-13-20-49(8)44(50)51)27-34(42(32)52)30-47-39-17-10-11-18-40(39)48-31-35-28-36(45(2,3)4)29-38(43(35)53)46(5,6)7/h9,12,16,19,26-31,39-40H,10-11,13-15,17-18,20-25H2,1-8H3,(H-,47,48,52,53)/p+1. The fourth-order valence-corrected chi connectivity index (χ4v) is 8.24. The number of phenols is 2. The van der Waals surface area contributed by atoms with Crippen molar-refractivity contribution in [2.75, 3.05) is 46.4 Å². The van der Waals surface area contributed by atoms with Gasteiger partial charge in [0, 0.05) is 53.9 Å². The molecule has 8 heteroatoms. The average molecular weight is 735 g/mol. The van der Waals surface area contributed by atoms with Crippen LogP contribution in [0.15, 0.2) is 58.5 Å². The van der Waals surface area contributed by atoms with Gasteiger partial charge in [-0.1, -0.05) is 78.6 Å². The lowest BCUT2D eigenvalue weighted by Crippen LogP contribution is -2.57. The highest BCUT2D eigenvalue weighted by molar-refractivity contribution is 5.88. The third kappa shape index (κ3) is 9.13. The minimum absolute atomic E-state index is 0.00347. The highest BCUT2D eigenvalue weighted by atomic mass is 16.5. The van der Waals surface area contributed by atoms with Gasteiger partial charge in [-0.15, -0.1) is 0 Å². The van der Waals surface area contributed by atoms with E-state index in [0.717, 1.165) is 98.4 Å². The summed E-state index contributed by atoms with van der Waals surface area (Å²) in [7, 11) is 2.22. The Bertz CT molecular complexity index is 1880. The van der Waals surface area contributed by atoms with Gasteiger partial charge in [-0.2, -0.15) is 0 Å². The van der Waals surface area contributed by atoms with Crippen LogP contribution in [0.1, 0.15) is 114 Å². The van der Waals surface area contributed by atoms with E-state index in [1.54, 1.807) is 0 Å². The molecule has 6 rings (SSSR count). The van der Waals surface area contributed by atoms with Gasteiger partial charge >= 0.3 is 5.96 Å². The fourth-order valence-electron chi connectivity index (χ4n) is 8.24. The second-order valence-corrected chi connectivity index (χ2v) is 17.8. The molecule has 8 nitrogen and oxygen atoms in total. The zero-order chi connectivity index (χ0) is 38.6. The number of aryl methyl sites for hydroxylation is 1. The summed E-state index contributed by atoms with van der Waals surface area (Å²) in [6, 6.07) is 16.5. The van der Waals surface area contributed by atoms with Gasteiger partial charge in [0.25, 0.3) is 0 Å². The zero-order valence-corrected chi connectivity index (χ0v) is 34.2. The zero-order valence-electron chi connectivity index (χ0n) is 34.2. The SMILES string of the molecule is Cc1cc(-c2ccccc2OCCCN2CCCN3CCC[N+](C)=C23)cc(C=NC2CCCCC2N=Cc2cc(C(C)(C)C)cc(C(C)(C)C)c2O)c1O. The summed E-state index contributed by atoms with van der Waals surface area (Å²) >= 11 is 0.